The second kappa shape index (κ2) is 49.0. The highest BCUT2D eigenvalue weighted by molar-refractivity contribution is 5.99. The molecule has 14 N–H and O–H groups in total. The van der Waals surface area contributed by atoms with E-state index < -0.39 is 23.9 Å². The molecule has 0 bridgehead atoms. The predicted molar refractivity (Wildman–Crippen MR) is 282 cm³/mol. The number of amides is 2. The molecule has 2 aromatic carbocycles. The van der Waals surface area contributed by atoms with Gasteiger partial charge in [-0.2, -0.15) is 0 Å². The number of carboxylic acid groups (broad SMARTS) is 4. The van der Waals surface area contributed by atoms with E-state index >= 15 is 0 Å². The molecule has 0 heterocycles. The van der Waals surface area contributed by atoms with Crippen molar-refractivity contribution in [1.82, 2.24) is 10.6 Å². The van der Waals surface area contributed by atoms with E-state index in [1.54, 1.807) is 48.5 Å². The van der Waals surface area contributed by atoms with E-state index in [0.29, 0.717) is 73.9 Å². The summed E-state index contributed by atoms with van der Waals surface area (Å²) in [5.41, 5.74) is 24.4. The molecule has 18 heteroatoms. The summed E-state index contributed by atoms with van der Waals surface area (Å²) >= 11 is 0. The number of carbonyl (C=O) groups excluding carboxylic acids is 4. The molecule has 0 aromatic heterocycles. The summed E-state index contributed by atoms with van der Waals surface area (Å²) in [5.74, 6) is -3.34. The lowest BCUT2D eigenvalue weighted by molar-refractivity contribution is -0.139. The van der Waals surface area contributed by atoms with Gasteiger partial charge >= 0.3 is 23.9 Å². The SMILES string of the molecule is NCCCCCCCC(=O)c1ccc(C(=O)NCCCCCCN)cc1.NCCCCCCCC(=O)c1ccc(C(=O)NCCCCCCN)cc1.O=C(O)CCCCC(=O)O.O=C(O)CCCCC(=O)O. The Morgan fingerprint density at radius 3 is 0.750 bits per heavy atom. The summed E-state index contributed by atoms with van der Waals surface area (Å²) in [6, 6.07) is 14.0. The molecule has 0 aliphatic rings. The molecule has 0 saturated heterocycles. The van der Waals surface area contributed by atoms with Crippen LogP contribution in [0.2, 0.25) is 0 Å². The first-order valence-electron chi connectivity index (χ1n) is 26.1. The number of carboxylic acids is 4. The molecule has 0 unspecified atom stereocenters. The van der Waals surface area contributed by atoms with Gasteiger partial charge in [-0.05, 0) is 127 Å². The van der Waals surface area contributed by atoms with Crippen LogP contribution in [-0.4, -0.2) is 107 Å². The summed E-state index contributed by atoms with van der Waals surface area (Å²) in [6.45, 7) is 4.29. The fourth-order valence-electron chi connectivity index (χ4n) is 6.78. The van der Waals surface area contributed by atoms with Crippen molar-refractivity contribution in [2.75, 3.05) is 39.3 Å². The zero-order valence-electron chi connectivity index (χ0n) is 43.0. The van der Waals surface area contributed by atoms with Crippen molar-refractivity contribution in [1.29, 1.82) is 0 Å². The van der Waals surface area contributed by atoms with Crippen molar-refractivity contribution >= 4 is 47.3 Å². The molecule has 2 rings (SSSR count). The number of ketones is 2. The summed E-state index contributed by atoms with van der Waals surface area (Å²) in [4.78, 5) is 88.1. The van der Waals surface area contributed by atoms with Crippen molar-refractivity contribution in [2.45, 2.75) is 180 Å². The van der Waals surface area contributed by atoms with Gasteiger partial charge in [-0.3, -0.25) is 38.4 Å². The molecule has 2 amide bonds. The standard InChI is InChI=1S/2C21H35N3O2.2C6H10O4/c2*22-15-7-3-1-2-6-10-20(25)18-11-13-19(14-12-18)21(26)24-17-9-5-4-8-16-23;2*7-5(8)3-1-2-4-6(9)10/h2*11-14H,1-10,15-17,22-23H2,(H,24,26);2*1-4H2,(H,7,8)(H,9,10). The van der Waals surface area contributed by atoms with Gasteiger partial charge in [0.15, 0.2) is 11.6 Å². The first-order valence-corrected chi connectivity index (χ1v) is 26.1. The fraction of sp³-hybridized carbons (Fsp3) is 0.630. The number of nitrogens with one attached hydrogen (secondary N) is 2. The minimum absolute atomic E-state index is 0.0628. The summed E-state index contributed by atoms with van der Waals surface area (Å²) in [6.07, 6.45) is 22.2. The quantitative estimate of drug-likeness (QED) is 0.0222. The van der Waals surface area contributed by atoms with E-state index in [2.05, 4.69) is 10.6 Å². The number of hydrogen-bond donors (Lipinski definition) is 10. The van der Waals surface area contributed by atoms with Gasteiger partial charge in [0.2, 0.25) is 0 Å². The maximum Gasteiger partial charge on any atom is 0.303 e. The van der Waals surface area contributed by atoms with Crippen LogP contribution in [0, 0.1) is 0 Å². The minimum Gasteiger partial charge on any atom is -0.481 e. The zero-order chi connectivity index (χ0) is 54.0. The highest BCUT2D eigenvalue weighted by Crippen LogP contribution is 2.14. The van der Waals surface area contributed by atoms with Crippen LogP contribution in [-0.2, 0) is 19.2 Å². The molecule has 0 saturated carbocycles. The summed E-state index contributed by atoms with van der Waals surface area (Å²) in [7, 11) is 0. The van der Waals surface area contributed by atoms with Crippen molar-refractivity contribution in [3.8, 4) is 0 Å². The van der Waals surface area contributed by atoms with Gasteiger partial charge in [0.25, 0.3) is 11.8 Å². The number of Topliss-reactive ketones (excluding diaryl/α,β-unsaturated/α-hetero) is 2. The number of rotatable bonds is 40. The molecule has 0 radical (unpaired) electrons. The van der Waals surface area contributed by atoms with Crippen LogP contribution < -0.4 is 33.6 Å². The Hall–Kier alpha value is -5.56. The maximum absolute atomic E-state index is 12.2. The Labute approximate surface area is 428 Å². The fourth-order valence-corrected chi connectivity index (χ4v) is 6.78. The Bertz CT molecular complexity index is 1510. The third kappa shape index (κ3) is 44.4. The zero-order valence-corrected chi connectivity index (χ0v) is 43.0. The van der Waals surface area contributed by atoms with Gasteiger partial charge in [-0.15, -0.1) is 0 Å². The van der Waals surface area contributed by atoms with Crippen molar-refractivity contribution < 1.29 is 58.8 Å². The van der Waals surface area contributed by atoms with Gasteiger partial charge in [0.1, 0.15) is 0 Å². The largest absolute Gasteiger partial charge is 0.481 e. The van der Waals surface area contributed by atoms with Gasteiger partial charge in [0, 0.05) is 73.9 Å². The van der Waals surface area contributed by atoms with Crippen LogP contribution in [0.15, 0.2) is 48.5 Å². The molecule has 18 nitrogen and oxygen atoms in total. The molecule has 408 valence electrons. The number of benzene rings is 2. The molecular formula is C54H90N6O12. The second-order valence-corrected chi connectivity index (χ2v) is 17.5. The van der Waals surface area contributed by atoms with Gasteiger partial charge in [-0.25, -0.2) is 0 Å². The Balaban J connectivity index is 0. The van der Waals surface area contributed by atoms with Crippen molar-refractivity contribution in [3.63, 3.8) is 0 Å². The Morgan fingerprint density at radius 2 is 0.500 bits per heavy atom. The smallest absolute Gasteiger partial charge is 0.303 e. The third-order valence-corrected chi connectivity index (χ3v) is 11.0. The van der Waals surface area contributed by atoms with E-state index in [1.807, 2.05) is 0 Å². The van der Waals surface area contributed by atoms with Crippen molar-refractivity contribution in [2.24, 2.45) is 22.9 Å². The van der Waals surface area contributed by atoms with Crippen LogP contribution in [0.1, 0.15) is 221 Å². The van der Waals surface area contributed by atoms with Crippen LogP contribution in [0.3, 0.4) is 0 Å². The topological polar surface area (TPSA) is 346 Å². The van der Waals surface area contributed by atoms with Crippen LogP contribution in [0.25, 0.3) is 0 Å². The minimum atomic E-state index is -0.870. The van der Waals surface area contributed by atoms with E-state index in [0.717, 1.165) is 142 Å². The first-order chi connectivity index (χ1) is 34.6. The van der Waals surface area contributed by atoms with Gasteiger partial charge < -0.3 is 54.0 Å². The number of aliphatic carboxylic acids is 4. The van der Waals surface area contributed by atoms with E-state index in [9.17, 15) is 38.4 Å². The van der Waals surface area contributed by atoms with Crippen molar-refractivity contribution in [3.05, 3.63) is 70.8 Å². The van der Waals surface area contributed by atoms with Crippen LogP contribution in [0.4, 0.5) is 0 Å². The highest BCUT2D eigenvalue weighted by atomic mass is 16.4. The number of unbranched alkanes of at least 4 members (excludes halogenated alkanes) is 16. The number of nitrogens with two attached hydrogens (primary N) is 4. The molecule has 0 fully saturated rings. The highest BCUT2D eigenvalue weighted by Gasteiger charge is 2.11. The average molecular weight is 1020 g/mol. The Kier molecular flexibility index (Phi) is 46.7. The molecule has 72 heavy (non-hydrogen) atoms. The van der Waals surface area contributed by atoms with E-state index in [-0.39, 0.29) is 49.1 Å². The van der Waals surface area contributed by atoms with E-state index in [4.69, 9.17) is 43.4 Å². The lowest BCUT2D eigenvalue weighted by atomic mass is 10.0. The maximum atomic E-state index is 12.2. The third-order valence-electron chi connectivity index (χ3n) is 11.0. The Morgan fingerprint density at radius 1 is 0.292 bits per heavy atom. The lowest BCUT2D eigenvalue weighted by Crippen LogP contribution is -2.24. The molecule has 0 atom stereocenters. The number of carbonyl (C=O) groups is 8. The van der Waals surface area contributed by atoms with Crippen LogP contribution >= 0.6 is 0 Å². The van der Waals surface area contributed by atoms with Crippen LogP contribution in [0.5, 0.6) is 0 Å². The molecule has 0 aliphatic heterocycles. The summed E-state index contributed by atoms with van der Waals surface area (Å²) in [5, 5.41) is 38.4. The number of hydrogen-bond acceptors (Lipinski definition) is 12. The predicted octanol–water partition coefficient (Wildman–Crippen LogP) is 8.27. The van der Waals surface area contributed by atoms with E-state index in [1.165, 1.54) is 0 Å². The molecular weight excluding hydrogens is 925 g/mol. The monoisotopic (exact) mass is 1010 g/mol. The van der Waals surface area contributed by atoms with Gasteiger partial charge in [-0.1, -0.05) is 88.5 Å². The first kappa shape index (κ1) is 68.5. The lowest BCUT2D eigenvalue weighted by Gasteiger charge is -2.06. The average Bonchev–Trinajstić information content (AvgIpc) is 3.36. The van der Waals surface area contributed by atoms with Gasteiger partial charge in [0.05, 0.1) is 0 Å². The second-order valence-electron chi connectivity index (χ2n) is 17.5. The molecule has 0 aliphatic carbocycles. The normalized spacial score (nSPS) is 10.3. The molecule has 0 spiro atoms. The molecule has 2 aromatic rings. The summed E-state index contributed by atoms with van der Waals surface area (Å²) < 4.78 is 0.